The predicted molar refractivity (Wildman–Crippen MR) is 86.1 cm³/mol. The van der Waals surface area contributed by atoms with Gasteiger partial charge in [0, 0.05) is 19.8 Å². The average Bonchev–Trinajstić information content (AvgIpc) is 2.44. The molecule has 0 radical (unpaired) electrons. The summed E-state index contributed by atoms with van der Waals surface area (Å²) in [5.74, 6) is -0.152. The summed E-state index contributed by atoms with van der Waals surface area (Å²) < 4.78 is 5.36. The van der Waals surface area contributed by atoms with Gasteiger partial charge in [-0.2, -0.15) is 0 Å². The molecule has 0 aromatic heterocycles. The number of amides is 1. The summed E-state index contributed by atoms with van der Waals surface area (Å²) in [6.45, 7) is 4.82. The van der Waals surface area contributed by atoms with E-state index < -0.39 is 0 Å². The highest BCUT2D eigenvalue weighted by Gasteiger charge is 2.26. The molecule has 1 aromatic carbocycles. The molecule has 0 aliphatic carbocycles. The van der Waals surface area contributed by atoms with Crippen LogP contribution in [0.25, 0.3) is 0 Å². The summed E-state index contributed by atoms with van der Waals surface area (Å²) in [5.41, 5.74) is 0.658. The number of hydrogen-bond donors (Lipinski definition) is 2. The molecule has 0 atom stereocenters. The van der Waals surface area contributed by atoms with Gasteiger partial charge in [0.25, 0.3) is 0 Å². The maximum absolute atomic E-state index is 11.9. The van der Waals surface area contributed by atoms with Crippen molar-refractivity contribution in [1.82, 2.24) is 5.32 Å². The summed E-state index contributed by atoms with van der Waals surface area (Å²) in [4.78, 5) is 11.9. The van der Waals surface area contributed by atoms with E-state index in [1.165, 1.54) is 0 Å². The van der Waals surface area contributed by atoms with E-state index in [-0.39, 0.29) is 17.9 Å². The van der Waals surface area contributed by atoms with E-state index in [2.05, 4.69) is 17.6 Å². The van der Waals surface area contributed by atoms with Gasteiger partial charge < -0.3 is 15.4 Å². The topological polar surface area (TPSA) is 50.4 Å². The molecule has 6 heteroatoms. The van der Waals surface area contributed by atoms with E-state index in [1.54, 1.807) is 18.2 Å². The minimum atomic E-state index is -0.152. The number of hydrogen-bond acceptors (Lipinski definition) is 3. The second-order valence-electron chi connectivity index (χ2n) is 5.67. The Kier molecular flexibility index (Phi) is 5.88. The lowest BCUT2D eigenvalue weighted by Crippen LogP contribution is -2.39. The molecule has 1 heterocycles. The van der Waals surface area contributed by atoms with Gasteiger partial charge >= 0.3 is 0 Å². The Labute approximate surface area is 135 Å². The van der Waals surface area contributed by atoms with Gasteiger partial charge in [-0.15, -0.1) is 0 Å². The molecule has 0 bridgehead atoms. The molecule has 1 amide bonds. The van der Waals surface area contributed by atoms with Crippen molar-refractivity contribution in [2.45, 2.75) is 19.8 Å². The molecule has 2 rings (SSSR count). The van der Waals surface area contributed by atoms with Gasteiger partial charge in [0.05, 0.1) is 22.3 Å². The summed E-state index contributed by atoms with van der Waals surface area (Å²) in [6, 6.07) is 5.13. The summed E-state index contributed by atoms with van der Waals surface area (Å²) in [7, 11) is 0. The van der Waals surface area contributed by atoms with E-state index >= 15 is 0 Å². The monoisotopic (exact) mass is 330 g/mol. The van der Waals surface area contributed by atoms with E-state index in [4.69, 9.17) is 27.9 Å². The van der Waals surface area contributed by atoms with E-state index in [0.29, 0.717) is 15.7 Å². The highest BCUT2D eigenvalue weighted by molar-refractivity contribution is 6.39. The third-order valence-electron chi connectivity index (χ3n) is 3.76. The van der Waals surface area contributed by atoms with Crippen LogP contribution in [0.15, 0.2) is 18.2 Å². The van der Waals surface area contributed by atoms with Crippen molar-refractivity contribution in [2.75, 3.05) is 31.6 Å². The van der Waals surface area contributed by atoms with Crippen molar-refractivity contribution in [3.8, 4) is 0 Å². The standard InChI is InChI=1S/C15H20Cl2N2O2/c1-15(5-7-21-8-6-15)10-18-9-13(20)19-14-11(16)3-2-4-12(14)17/h2-4,18H,5-10H2,1H3,(H,19,20). The van der Waals surface area contributed by atoms with Crippen LogP contribution in [-0.4, -0.2) is 32.2 Å². The van der Waals surface area contributed by atoms with Crippen molar-refractivity contribution in [2.24, 2.45) is 5.41 Å². The Balaban J connectivity index is 1.80. The second-order valence-corrected chi connectivity index (χ2v) is 6.49. The SMILES string of the molecule is CC1(CNCC(=O)Nc2c(Cl)cccc2Cl)CCOCC1. The lowest BCUT2D eigenvalue weighted by molar-refractivity contribution is -0.115. The average molecular weight is 331 g/mol. The predicted octanol–water partition coefficient (Wildman–Crippen LogP) is 3.34. The molecule has 4 nitrogen and oxygen atoms in total. The van der Waals surface area contributed by atoms with Crippen LogP contribution < -0.4 is 10.6 Å². The quantitative estimate of drug-likeness (QED) is 0.870. The van der Waals surface area contributed by atoms with Crippen molar-refractivity contribution < 1.29 is 9.53 Å². The van der Waals surface area contributed by atoms with Crippen molar-refractivity contribution in [3.05, 3.63) is 28.2 Å². The van der Waals surface area contributed by atoms with Crippen molar-refractivity contribution >= 4 is 34.8 Å². The van der Waals surface area contributed by atoms with Crippen LogP contribution in [0.2, 0.25) is 10.0 Å². The minimum Gasteiger partial charge on any atom is -0.381 e. The van der Waals surface area contributed by atoms with Crippen LogP contribution in [0.1, 0.15) is 19.8 Å². The summed E-state index contributed by atoms with van der Waals surface area (Å²) in [5, 5.41) is 6.81. The van der Waals surface area contributed by atoms with E-state index in [0.717, 1.165) is 32.6 Å². The Bertz CT molecular complexity index is 482. The van der Waals surface area contributed by atoms with E-state index in [9.17, 15) is 4.79 Å². The molecule has 1 saturated heterocycles. The molecule has 1 aromatic rings. The molecule has 2 N–H and O–H groups in total. The number of carbonyl (C=O) groups excluding carboxylic acids is 1. The zero-order chi connectivity index (χ0) is 15.3. The molecule has 0 unspecified atom stereocenters. The number of ether oxygens (including phenoxy) is 1. The largest absolute Gasteiger partial charge is 0.381 e. The second kappa shape index (κ2) is 7.45. The number of anilines is 1. The maximum Gasteiger partial charge on any atom is 0.238 e. The van der Waals surface area contributed by atoms with Gasteiger partial charge in [-0.1, -0.05) is 36.2 Å². The molecular weight excluding hydrogens is 311 g/mol. The Morgan fingerprint density at radius 2 is 1.90 bits per heavy atom. The third kappa shape index (κ3) is 4.85. The van der Waals surface area contributed by atoms with Crippen LogP contribution in [0.3, 0.4) is 0 Å². The number of benzene rings is 1. The number of carbonyl (C=O) groups is 1. The normalized spacial score (nSPS) is 17.5. The van der Waals surface area contributed by atoms with Gasteiger partial charge in [0.2, 0.25) is 5.91 Å². The molecule has 0 saturated carbocycles. The fraction of sp³-hybridized carbons (Fsp3) is 0.533. The molecule has 1 aliphatic rings. The molecule has 116 valence electrons. The van der Waals surface area contributed by atoms with Crippen LogP contribution in [0.5, 0.6) is 0 Å². The smallest absolute Gasteiger partial charge is 0.238 e. The van der Waals surface area contributed by atoms with Gasteiger partial charge in [0.1, 0.15) is 0 Å². The van der Waals surface area contributed by atoms with Gasteiger partial charge in [0.15, 0.2) is 0 Å². The minimum absolute atomic E-state index is 0.152. The lowest BCUT2D eigenvalue weighted by Gasteiger charge is -2.33. The van der Waals surface area contributed by atoms with Crippen LogP contribution in [0, 0.1) is 5.41 Å². The van der Waals surface area contributed by atoms with Crippen LogP contribution in [0.4, 0.5) is 5.69 Å². The Morgan fingerprint density at radius 3 is 2.52 bits per heavy atom. The zero-order valence-electron chi connectivity index (χ0n) is 12.0. The van der Waals surface area contributed by atoms with Crippen molar-refractivity contribution in [1.29, 1.82) is 0 Å². The molecule has 1 fully saturated rings. The highest BCUT2D eigenvalue weighted by Crippen LogP contribution is 2.30. The Hall–Kier alpha value is -0.810. The van der Waals surface area contributed by atoms with Crippen LogP contribution >= 0.6 is 23.2 Å². The first-order valence-electron chi connectivity index (χ1n) is 7.02. The number of para-hydroxylation sites is 1. The summed E-state index contributed by atoms with van der Waals surface area (Å²) in [6.07, 6.45) is 2.02. The highest BCUT2D eigenvalue weighted by atomic mass is 35.5. The first-order valence-corrected chi connectivity index (χ1v) is 7.78. The van der Waals surface area contributed by atoms with Gasteiger partial charge in [-0.05, 0) is 30.4 Å². The van der Waals surface area contributed by atoms with Crippen molar-refractivity contribution in [3.63, 3.8) is 0 Å². The molecular formula is C15H20Cl2N2O2. The maximum atomic E-state index is 11.9. The molecule has 1 aliphatic heterocycles. The summed E-state index contributed by atoms with van der Waals surface area (Å²) >= 11 is 12.0. The Morgan fingerprint density at radius 1 is 1.29 bits per heavy atom. The number of rotatable bonds is 5. The van der Waals surface area contributed by atoms with Gasteiger partial charge in [-0.3, -0.25) is 4.79 Å². The fourth-order valence-corrected chi connectivity index (χ4v) is 2.81. The molecule has 21 heavy (non-hydrogen) atoms. The first-order chi connectivity index (χ1) is 10.0. The fourth-order valence-electron chi connectivity index (χ4n) is 2.32. The zero-order valence-corrected chi connectivity index (χ0v) is 13.6. The number of halogens is 2. The third-order valence-corrected chi connectivity index (χ3v) is 4.39. The molecule has 0 spiro atoms. The number of nitrogens with one attached hydrogen (secondary N) is 2. The first kappa shape index (κ1) is 16.6. The van der Waals surface area contributed by atoms with Gasteiger partial charge in [-0.25, -0.2) is 0 Å². The lowest BCUT2D eigenvalue weighted by atomic mass is 9.82. The van der Waals surface area contributed by atoms with E-state index in [1.807, 2.05) is 0 Å². The van der Waals surface area contributed by atoms with Crippen LogP contribution in [-0.2, 0) is 9.53 Å².